The number of amides is 1. The number of hydrazone groups is 1. The van der Waals surface area contributed by atoms with Gasteiger partial charge in [-0.15, -0.1) is 0 Å². The standard InChI is InChI=1S/C22H18N4O3/c1-2-25-20-9-4-3-8-18(20)19-12-15(10-11-21(19)25)14-23-24-22(27)16-6-5-7-17(13-16)26(28)29/h3-14H,2H2,1H3,(H,24,27)/b23-14+. The number of rotatable bonds is 5. The zero-order valence-electron chi connectivity index (χ0n) is 15.7. The van der Waals surface area contributed by atoms with Crippen molar-refractivity contribution in [1.82, 2.24) is 9.99 Å². The lowest BCUT2D eigenvalue weighted by Gasteiger charge is -2.03. The fraction of sp³-hybridized carbons (Fsp3) is 0.0909. The average molecular weight is 386 g/mol. The van der Waals surface area contributed by atoms with Crippen LogP contribution in [0, 0.1) is 10.1 Å². The number of hydrogen-bond donors (Lipinski definition) is 1. The lowest BCUT2D eigenvalue weighted by atomic mass is 10.1. The lowest BCUT2D eigenvalue weighted by molar-refractivity contribution is -0.384. The molecule has 29 heavy (non-hydrogen) atoms. The second kappa shape index (κ2) is 7.55. The maximum Gasteiger partial charge on any atom is 0.271 e. The third-order valence-electron chi connectivity index (χ3n) is 4.81. The Morgan fingerprint density at radius 2 is 1.86 bits per heavy atom. The van der Waals surface area contributed by atoms with E-state index in [2.05, 4.69) is 34.2 Å². The number of nitrogens with one attached hydrogen (secondary N) is 1. The number of non-ortho nitro benzene ring substituents is 1. The molecule has 0 saturated heterocycles. The molecule has 4 aromatic rings. The van der Waals surface area contributed by atoms with Gasteiger partial charge >= 0.3 is 0 Å². The number of nitro benzene ring substituents is 1. The second-order valence-electron chi connectivity index (χ2n) is 6.54. The van der Waals surface area contributed by atoms with Gasteiger partial charge in [0.25, 0.3) is 11.6 Å². The van der Waals surface area contributed by atoms with Crippen molar-refractivity contribution < 1.29 is 9.72 Å². The number of nitrogens with zero attached hydrogens (tertiary/aromatic N) is 3. The summed E-state index contributed by atoms with van der Waals surface area (Å²) in [6.45, 7) is 2.99. The van der Waals surface area contributed by atoms with Gasteiger partial charge in [0.1, 0.15) is 0 Å². The molecule has 0 spiro atoms. The number of carbonyl (C=O) groups is 1. The summed E-state index contributed by atoms with van der Waals surface area (Å²) in [6, 6.07) is 19.8. The van der Waals surface area contributed by atoms with Gasteiger partial charge in [-0.25, -0.2) is 5.43 Å². The largest absolute Gasteiger partial charge is 0.341 e. The van der Waals surface area contributed by atoms with Crippen molar-refractivity contribution in [1.29, 1.82) is 0 Å². The minimum Gasteiger partial charge on any atom is -0.341 e. The third kappa shape index (κ3) is 3.45. The number of nitro groups is 1. The normalized spacial score (nSPS) is 11.3. The number of aryl methyl sites for hydroxylation is 1. The number of benzene rings is 3. The Balaban J connectivity index is 1.59. The number of hydrogen-bond acceptors (Lipinski definition) is 4. The van der Waals surface area contributed by atoms with E-state index in [0.29, 0.717) is 0 Å². The molecule has 0 atom stereocenters. The molecule has 1 N–H and O–H groups in total. The van der Waals surface area contributed by atoms with Crippen molar-refractivity contribution in [2.24, 2.45) is 5.10 Å². The summed E-state index contributed by atoms with van der Waals surface area (Å²) in [4.78, 5) is 22.5. The average Bonchev–Trinajstić information content (AvgIpc) is 3.07. The molecule has 0 aliphatic carbocycles. The zero-order valence-corrected chi connectivity index (χ0v) is 15.7. The van der Waals surface area contributed by atoms with Crippen molar-refractivity contribution in [3.8, 4) is 0 Å². The van der Waals surface area contributed by atoms with Crippen LogP contribution in [0.5, 0.6) is 0 Å². The first-order valence-corrected chi connectivity index (χ1v) is 9.17. The Bertz CT molecular complexity index is 1270. The number of carbonyl (C=O) groups excluding carboxylic acids is 1. The predicted molar refractivity (Wildman–Crippen MR) is 113 cm³/mol. The van der Waals surface area contributed by atoms with Crippen LogP contribution in [0.25, 0.3) is 21.8 Å². The molecule has 0 aliphatic heterocycles. The fourth-order valence-electron chi connectivity index (χ4n) is 3.48. The van der Waals surface area contributed by atoms with Crippen molar-refractivity contribution in [2.45, 2.75) is 13.5 Å². The summed E-state index contributed by atoms with van der Waals surface area (Å²) in [5.74, 6) is -0.506. The quantitative estimate of drug-likeness (QED) is 0.311. The smallest absolute Gasteiger partial charge is 0.271 e. The van der Waals surface area contributed by atoms with Gasteiger partial charge in [-0.2, -0.15) is 5.10 Å². The molecule has 144 valence electrons. The molecule has 1 heterocycles. The lowest BCUT2D eigenvalue weighted by Crippen LogP contribution is -2.17. The summed E-state index contributed by atoms with van der Waals surface area (Å²) >= 11 is 0. The summed E-state index contributed by atoms with van der Waals surface area (Å²) in [5, 5.41) is 17.1. The van der Waals surface area contributed by atoms with E-state index in [9.17, 15) is 14.9 Å². The molecule has 3 aromatic carbocycles. The maximum atomic E-state index is 12.2. The highest BCUT2D eigenvalue weighted by atomic mass is 16.6. The van der Waals surface area contributed by atoms with Gasteiger partial charge in [0.15, 0.2) is 0 Å². The fourth-order valence-corrected chi connectivity index (χ4v) is 3.48. The number of aromatic nitrogens is 1. The van der Waals surface area contributed by atoms with Crippen molar-refractivity contribution in [2.75, 3.05) is 0 Å². The molecule has 7 nitrogen and oxygen atoms in total. The van der Waals surface area contributed by atoms with Gasteiger partial charge in [0, 0.05) is 46.0 Å². The van der Waals surface area contributed by atoms with Crippen LogP contribution >= 0.6 is 0 Å². The highest BCUT2D eigenvalue weighted by Gasteiger charge is 2.11. The molecular weight excluding hydrogens is 368 g/mol. The van der Waals surface area contributed by atoms with Crippen molar-refractivity contribution >= 4 is 39.6 Å². The second-order valence-corrected chi connectivity index (χ2v) is 6.54. The Morgan fingerprint density at radius 3 is 2.66 bits per heavy atom. The van der Waals surface area contributed by atoms with Gasteiger partial charge in [-0.1, -0.05) is 30.3 Å². The van der Waals surface area contributed by atoms with Crippen LogP contribution < -0.4 is 5.43 Å². The summed E-state index contributed by atoms with van der Waals surface area (Å²) in [7, 11) is 0. The van der Waals surface area contributed by atoms with E-state index in [0.717, 1.165) is 23.0 Å². The van der Waals surface area contributed by atoms with Crippen LogP contribution in [0.15, 0.2) is 71.8 Å². The van der Waals surface area contributed by atoms with E-state index in [1.807, 2.05) is 30.3 Å². The van der Waals surface area contributed by atoms with E-state index < -0.39 is 10.8 Å². The van der Waals surface area contributed by atoms with Gasteiger partial charge in [0.05, 0.1) is 11.1 Å². The monoisotopic (exact) mass is 386 g/mol. The first-order chi connectivity index (χ1) is 14.1. The Labute approximate surface area is 166 Å². The highest BCUT2D eigenvalue weighted by Crippen LogP contribution is 2.29. The topological polar surface area (TPSA) is 89.5 Å². The molecular formula is C22H18N4O3. The molecule has 0 bridgehead atoms. The van der Waals surface area contributed by atoms with Gasteiger partial charge in [-0.05, 0) is 36.8 Å². The van der Waals surface area contributed by atoms with Crippen LogP contribution in [0.1, 0.15) is 22.8 Å². The molecule has 0 saturated carbocycles. The molecule has 1 amide bonds. The minimum atomic E-state index is -0.540. The van der Waals surface area contributed by atoms with Crippen LogP contribution in [-0.2, 0) is 6.54 Å². The van der Waals surface area contributed by atoms with E-state index in [1.165, 1.54) is 35.2 Å². The molecule has 0 fully saturated rings. The van der Waals surface area contributed by atoms with Crippen molar-refractivity contribution in [3.63, 3.8) is 0 Å². The molecule has 0 aliphatic rings. The van der Waals surface area contributed by atoms with Crippen molar-refractivity contribution in [3.05, 3.63) is 88.0 Å². The molecule has 0 unspecified atom stereocenters. The Kier molecular flexibility index (Phi) is 4.78. The van der Waals surface area contributed by atoms with Gasteiger partial charge < -0.3 is 4.57 Å². The first kappa shape index (κ1) is 18.4. The minimum absolute atomic E-state index is 0.139. The first-order valence-electron chi connectivity index (χ1n) is 9.17. The van der Waals surface area contributed by atoms with Crippen LogP contribution in [-0.4, -0.2) is 21.6 Å². The Morgan fingerprint density at radius 1 is 1.07 bits per heavy atom. The van der Waals surface area contributed by atoms with Crippen LogP contribution in [0.2, 0.25) is 0 Å². The predicted octanol–water partition coefficient (Wildman–Crippen LogP) is 4.49. The molecule has 0 radical (unpaired) electrons. The highest BCUT2D eigenvalue weighted by molar-refractivity contribution is 6.09. The number of para-hydroxylation sites is 1. The summed E-state index contributed by atoms with van der Waals surface area (Å²) in [6.07, 6.45) is 1.56. The zero-order chi connectivity index (χ0) is 20.4. The van der Waals surface area contributed by atoms with E-state index in [-0.39, 0.29) is 11.3 Å². The molecule has 4 rings (SSSR count). The summed E-state index contributed by atoms with van der Waals surface area (Å²) in [5.41, 5.74) is 5.62. The van der Waals surface area contributed by atoms with Gasteiger partial charge in [0.2, 0.25) is 0 Å². The van der Waals surface area contributed by atoms with E-state index in [4.69, 9.17) is 0 Å². The SMILES string of the molecule is CCn1c2ccccc2c2cc(/C=N/NC(=O)c3cccc([N+](=O)[O-])c3)ccc21. The maximum absolute atomic E-state index is 12.2. The van der Waals surface area contributed by atoms with Crippen LogP contribution in [0.4, 0.5) is 5.69 Å². The summed E-state index contributed by atoms with van der Waals surface area (Å²) < 4.78 is 2.26. The number of fused-ring (bicyclic) bond motifs is 3. The van der Waals surface area contributed by atoms with E-state index in [1.54, 1.807) is 6.21 Å². The third-order valence-corrected chi connectivity index (χ3v) is 4.81. The molecule has 7 heteroatoms. The van der Waals surface area contributed by atoms with Crippen LogP contribution in [0.3, 0.4) is 0 Å². The Hall–Kier alpha value is -4.00. The molecule has 1 aromatic heterocycles. The van der Waals surface area contributed by atoms with Gasteiger partial charge in [-0.3, -0.25) is 14.9 Å². The van der Waals surface area contributed by atoms with E-state index >= 15 is 0 Å².